The second-order valence-corrected chi connectivity index (χ2v) is 3.39. The van der Waals surface area contributed by atoms with Crippen molar-refractivity contribution in [1.29, 1.82) is 0 Å². The lowest BCUT2D eigenvalue weighted by atomic mass is 10.1. The summed E-state index contributed by atoms with van der Waals surface area (Å²) in [6, 6.07) is 2.23. The third kappa shape index (κ3) is 1.61. The molecule has 1 heterocycles. The van der Waals surface area contributed by atoms with Crippen LogP contribution >= 0.6 is 11.6 Å². The molecule has 0 spiro atoms. The third-order valence-corrected chi connectivity index (χ3v) is 2.29. The van der Waals surface area contributed by atoms with E-state index in [0.29, 0.717) is 11.1 Å². The molecule has 4 nitrogen and oxygen atoms in total. The number of hydrogen-bond donors (Lipinski definition) is 3. The maximum absolute atomic E-state index is 13.0. The Morgan fingerprint density at radius 2 is 2.13 bits per heavy atom. The van der Waals surface area contributed by atoms with Crippen molar-refractivity contribution >= 4 is 17.4 Å². The Kier molecular flexibility index (Phi) is 2.24. The van der Waals surface area contributed by atoms with Gasteiger partial charge in [-0.2, -0.15) is 5.10 Å². The van der Waals surface area contributed by atoms with Gasteiger partial charge in [0.05, 0.1) is 11.2 Å². The van der Waals surface area contributed by atoms with E-state index in [2.05, 4.69) is 10.2 Å². The second kappa shape index (κ2) is 3.43. The molecule has 2 rings (SSSR count). The quantitative estimate of drug-likeness (QED) is 0.699. The molecule has 0 aliphatic rings. The highest BCUT2D eigenvalue weighted by molar-refractivity contribution is 6.31. The molecule has 1 aromatic carbocycles. The van der Waals surface area contributed by atoms with Gasteiger partial charge in [0.25, 0.3) is 0 Å². The van der Waals surface area contributed by atoms with Gasteiger partial charge >= 0.3 is 0 Å². The minimum atomic E-state index is -0.681. The summed E-state index contributed by atoms with van der Waals surface area (Å²) in [5.41, 5.74) is 6.38. The van der Waals surface area contributed by atoms with Crippen LogP contribution in [0.1, 0.15) is 0 Å². The summed E-state index contributed by atoms with van der Waals surface area (Å²) in [5, 5.41) is 15.6. The van der Waals surface area contributed by atoms with Gasteiger partial charge in [0.2, 0.25) is 0 Å². The molecule has 0 unspecified atom stereocenters. The Balaban J connectivity index is 2.64. The monoisotopic (exact) mass is 227 g/mol. The average molecular weight is 228 g/mol. The van der Waals surface area contributed by atoms with Gasteiger partial charge in [-0.25, -0.2) is 4.39 Å². The van der Waals surface area contributed by atoms with Gasteiger partial charge in [0, 0.05) is 17.2 Å². The molecule has 78 valence electrons. The van der Waals surface area contributed by atoms with Gasteiger partial charge in [-0.1, -0.05) is 11.6 Å². The first-order chi connectivity index (χ1) is 7.09. The number of aromatic nitrogens is 2. The van der Waals surface area contributed by atoms with Gasteiger partial charge in [0.1, 0.15) is 17.4 Å². The van der Waals surface area contributed by atoms with E-state index in [4.69, 9.17) is 17.3 Å². The lowest BCUT2D eigenvalue weighted by Crippen LogP contribution is -1.89. The predicted molar refractivity (Wildman–Crippen MR) is 55.1 cm³/mol. The summed E-state index contributed by atoms with van der Waals surface area (Å²) in [7, 11) is 0. The summed E-state index contributed by atoms with van der Waals surface area (Å²) in [5.74, 6) is -0.627. The molecule has 2 aromatic rings. The van der Waals surface area contributed by atoms with E-state index >= 15 is 0 Å². The van der Waals surface area contributed by atoms with E-state index in [1.165, 1.54) is 12.3 Å². The molecule has 15 heavy (non-hydrogen) atoms. The summed E-state index contributed by atoms with van der Waals surface area (Å²) in [4.78, 5) is 0. The number of phenols is 1. The smallest absolute Gasteiger partial charge is 0.145 e. The number of hydrogen-bond acceptors (Lipinski definition) is 3. The van der Waals surface area contributed by atoms with Crippen molar-refractivity contribution in [2.45, 2.75) is 0 Å². The van der Waals surface area contributed by atoms with Crippen molar-refractivity contribution < 1.29 is 9.50 Å². The van der Waals surface area contributed by atoms with Crippen LogP contribution in [0.15, 0.2) is 18.3 Å². The van der Waals surface area contributed by atoms with E-state index in [-0.39, 0.29) is 16.6 Å². The Hall–Kier alpha value is -1.75. The Bertz CT molecular complexity index is 512. The Morgan fingerprint density at radius 1 is 1.40 bits per heavy atom. The van der Waals surface area contributed by atoms with Gasteiger partial charge < -0.3 is 10.8 Å². The van der Waals surface area contributed by atoms with Crippen molar-refractivity contribution in [1.82, 2.24) is 10.2 Å². The fourth-order valence-electron chi connectivity index (χ4n) is 1.26. The average Bonchev–Trinajstić information content (AvgIpc) is 2.58. The van der Waals surface area contributed by atoms with Crippen molar-refractivity contribution in [3.05, 3.63) is 29.2 Å². The molecule has 0 atom stereocenters. The highest BCUT2D eigenvalue weighted by Gasteiger charge is 2.12. The molecule has 0 saturated carbocycles. The molecule has 1 aromatic heterocycles. The van der Waals surface area contributed by atoms with Gasteiger partial charge in [-0.3, -0.25) is 5.10 Å². The van der Waals surface area contributed by atoms with Crippen LogP contribution < -0.4 is 5.73 Å². The van der Waals surface area contributed by atoms with Crippen LogP contribution in [0.4, 0.5) is 10.2 Å². The van der Waals surface area contributed by atoms with Crippen molar-refractivity contribution in [2.24, 2.45) is 0 Å². The fraction of sp³-hybridized carbons (Fsp3) is 0. The summed E-state index contributed by atoms with van der Waals surface area (Å²) in [6.45, 7) is 0. The van der Waals surface area contributed by atoms with E-state index in [1.54, 1.807) is 0 Å². The molecule has 0 aliphatic carbocycles. The van der Waals surface area contributed by atoms with E-state index < -0.39 is 5.82 Å². The Labute approximate surface area is 89.5 Å². The molecule has 0 bridgehead atoms. The largest absolute Gasteiger partial charge is 0.507 e. The highest BCUT2D eigenvalue weighted by Crippen LogP contribution is 2.35. The third-order valence-electron chi connectivity index (χ3n) is 2.00. The topological polar surface area (TPSA) is 74.9 Å². The van der Waals surface area contributed by atoms with Crippen molar-refractivity contribution in [2.75, 3.05) is 5.73 Å². The number of anilines is 1. The first kappa shape index (κ1) is 9.79. The Morgan fingerprint density at radius 3 is 2.73 bits per heavy atom. The standard InChI is InChI=1S/C9H7ClFN3O/c10-6-1-4(8(15)2-7(6)11)5-3-13-14-9(5)12/h1-3,15H,(H3,12,13,14). The molecule has 0 radical (unpaired) electrons. The molecule has 0 saturated heterocycles. The molecule has 0 fully saturated rings. The highest BCUT2D eigenvalue weighted by atomic mass is 35.5. The number of aromatic hydroxyl groups is 1. The lowest BCUT2D eigenvalue weighted by molar-refractivity contribution is 0.471. The zero-order valence-electron chi connectivity index (χ0n) is 7.46. The van der Waals surface area contributed by atoms with E-state index in [0.717, 1.165) is 6.07 Å². The molecule has 0 aliphatic heterocycles. The molecule has 0 amide bonds. The first-order valence-electron chi connectivity index (χ1n) is 4.07. The number of phenolic OH excluding ortho intramolecular Hbond substituents is 1. The normalized spacial score (nSPS) is 10.5. The van der Waals surface area contributed by atoms with Crippen LogP contribution in [0.25, 0.3) is 11.1 Å². The number of halogens is 2. The molecule has 6 heteroatoms. The maximum Gasteiger partial charge on any atom is 0.145 e. The number of nitrogens with zero attached hydrogens (tertiary/aromatic N) is 1. The van der Waals surface area contributed by atoms with E-state index in [9.17, 15) is 9.50 Å². The molecular weight excluding hydrogens is 221 g/mol. The molecular formula is C9H7ClFN3O. The van der Waals surface area contributed by atoms with Gasteiger partial charge in [-0.15, -0.1) is 0 Å². The number of aromatic amines is 1. The van der Waals surface area contributed by atoms with Crippen LogP contribution in [0.2, 0.25) is 5.02 Å². The zero-order chi connectivity index (χ0) is 11.0. The number of nitrogens with two attached hydrogens (primary N) is 1. The predicted octanol–water partition coefficient (Wildman–Crippen LogP) is 2.16. The van der Waals surface area contributed by atoms with Crippen LogP contribution in [-0.4, -0.2) is 15.3 Å². The minimum absolute atomic E-state index is 0.0802. The summed E-state index contributed by atoms with van der Waals surface area (Å²) < 4.78 is 13.0. The number of H-pyrrole nitrogens is 1. The summed E-state index contributed by atoms with van der Waals surface area (Å²) >= 11 is 5.60. The number of nitrogen functional groups attached to an aromatic ring is 1. The maximum atomic E-state index is 13.0. The van der Waals surface area contributed by atoms with Crippen molar-refractivity contribution in [3.63, 3.8) is 0 Å². The SMILES string of the molecule is Nc1[nH]ncc1-c1cc(Cl)c(F)cc1O. The van der Waals surface area contributed by atoms with Crippen LogP contribution in [-0.2, 0) is 0 Å². The van der Waals surface area contributed by atoms with E-state index in [1.807, 2.05) is 0 Å². The van der Waals surface area contributed by atoms with Crippen LogP contribution in [0.5, 0.6) is 5.75 Å². The number of rotatable bonds is 1. The lowest BCUT2D eigenvalue weighted by Gasteiger charge is -2.04. The van der Waals surface area contributed by atoms with Crippen molar-refractivity contribution in [3.8, 4) is 16.9 Å². The zero-order valence-corrected chi connectivity index (χ0v) is 8.22. The second-order valence-electron chi connectivity index (χ2n) is 2.98. The fourth-order valence-corrected chi connectivity index (χ4v) is 1.43. The number of nitrogens with one attached hydrogen (secondary N) is 1. The number of benzene rings is 1. The summed E-state index contributed by atoms with van der Waals surface area (Å²) in [6.07, 6.45) is 1.43. The first-order valence-corrected chi connectivity index (χ1v) is 4.44. The van der Waals surface area contributed by atoms with Gasteiger partial charge in [0.15, 0.2) is 0 Å². The van der Waals surface area contributed by atoms with Gasteiger partial charge in [-0.05, 0) is 6.07 Å². The molecule has 4 N–H and O–H groups in total. The minimum Gasteiger partial charge on any atom is -0.507 e. The van der Waals surface area contributed by atoms with Crippen LogP contribution in [0, 0.1) is 5.82 Å². The van der Waals surface area contributed by atoms with Crippen LogP contribution in [0.3, 0.4) is 0 Å².